The van der Waals surface area contributed by atoms with Gasteiger partial charge in [-0.1, -0.05) is 30.7 Å². The van der Waals surface area contributed by atoms with Crippen LogP contribution in [-0.4, -0.2) is 41.5 Å². The molecule has 1 saturated heterocycles. The Morgan fingerprint density at radius 3 is 2.68 bits per heavy atom. The summed E-state index contributed by atoms with van der Waals surface area (Å²) in [5, 5.41) is 10.3. The minimum atomic E-state index is -0.248. The first-order chi connectivity index (χ1) is 9.10. The number of nitrogens with zero attached hydrogens (tertiary/aromatic N) is 1. The summed E-state index contributed by atoms with van der Waals surface area (Å²) in [4.78, 5) is 14.3. The van der Waals surface area contributed by atoms with Crippen LogP contribution in [0.5, 0.6) is 0 Å². The van der Waals surface area contributed by atoms with E-state index in [0.717, 1.165) is 18.5 Å². The lowest BCUT2D eigenvalue weighted by Gasteiger charge is -2.22. The highest BCUT2D eigenvalue weighted by Gasteiger charge is 2.26. The average Bonchev–Trinajstić information content (AvgIpc) is 2.82. The van der Waals surface area contributed by atoms with Gasteiger partial charge in [0.2, 0.25) is 0 Å². The molecule has 0 radical (unpaired) electrons. The highest BCUT2D eigenvalue weighted by Crippen LogP contribution is 2.23. The fourth-order valence-corrected chi connectivity index (χ4v) is 2.70. The average molecular weight is 282 g/mol. The number of Topliss-reactive ketones (excluding diaryl/α,β-unsaturated/α-hetero) is 1. The maximum atomic E-state index is 12.1. The SMILES string of the molecule is CCC(=O)C(CN1CCC(O)C1)c1ccc(Cl)cc1. The molecule has 0 saturated carbocycles. The molecular formula is C15H20ClNO2. The molecule has 1 aromatic carbocycles. The van der Waals surface area contributed by atoms with Crippen LogP contribution in [0.3, 0.4) is 0 Å². The van der Waals surface area contributed by atoms with Crippen LogP contribution in [-0.2, 0) is 4.79 Å². The number of carbonyl (C=O) groups is 1. The lowest BCUT2D eigenvalue weighted by atomic mass is 9.93. The summed E-state index contributed by atoms with van der Waals surface area (Å²) in [6.45, 7) is 4.11. The molecule has 0 aliphatic carbocycles. The molecule has 0 bridgehead atoms. The topological polar surface area (TPSA) is 40.5 Å². The molecule has 0 spiro atoms. The molecule has 1 aliphatic heterocycles. The van der Waals surface area contributed by atoms with Crippen molar-refractivity contribution in [2.24, 2.45) is 0 Å². The second-order valence-corrected chi connectivity index (χ2v) is 5.56. The first-order valence-corrected chi connectivity index (χ1v) is 7.16. The van der Waals surface area contributed by atoms with E-state index in [1.54, 1.807) is 0 Å². The fraction of sp³-hybridized carbons (Fsp3) is 0.533. The van der Waals surface area contributed by atoms with Gasteiger partial charge in [0.05, 0.1) is 12.0 Å². The van der Waals surface area contributed by atoms with Crippen LogP contribution in [0.15, 0.2) is 24.3 Å². The number of hydrogen-bond donors (Lipinski definition) is 1. The van der Waals surface area contributed by atoms with Gasteiger partial charge in [0, 0.05) is 31.1 Å². The van der Waals surface area contributed by atoms with Gasteiger partial charge in [-0.25, -0.2) is 0 Å². The first-order valence-electron chi connectivity index (χ1n) is 6.78. The summed E-state index contributed by atoms with van der Waals surface area (Å²) in [5.74, 6) is 0.122. The molecular weight excluding hydrogens is 262 g/mol. The van der Waals surface area contributed by atoms with Crippen molar-refractivity contribution in [2.45, 2.75) is 31.8 Å². The summed E-state index contributed by atoms with van der Waals surface area (Å²) in [7, 11) is 0. The number of carbonyl (C=O) groups excluding carboxylic acids is 1. The zero-order valence-electron chi connectivity index (χ0n) is 11.2. The fourth-order valence-electron chi connectivity index (χ4n) is 2.57. The number of likely N-dealkylation sites (tertiary alicyclic amines) is 1. The van der Waals surface area contributed by atoms with Crippen LogP contribution in [0.25, 0.3) is 0 Å². The van der Waals surface area contributed by atoms with E-state index in [4.69, 9.17) is 11.6 Å². The standard InChI is InChI=1S/C15H20ClNO2/c1-2-15(19)14(10-17-8-7-13(18)9-17)11-3-5-12(16)6-4-11/h3-6,13-14,18H,2,7-10H2,1H3. The molecule has 2 atom stereocenters. The molecule has 104 valence electrons. The number of aliphatic hydroxyl groups is 1. The molecule has 0 aromatic heterocycles. The van der Waals surface area contributed by atoms with Crippen molar-refractivity contribution in [2.75, 3.05) is 19.6 Å². The second-order valence-electron chi connectivity index (χ2n) is 5.13. The Hall–Kier alpha value is -0.900. The molecule has 4 heteroatoms. The minimum Gasteiger partial charge on any atom is -0.392 e. The van der Waals surface area contributed by atoms with E-state index in [-0.39, 0.29) is 17.8 Å². The number of β-amino-alcohol motifs (C(OH)–C–C–N with tert-alkyl or cyclic N) is 1. The lowest BCUT2D eigenvalue weighted by molar-refractivity contribution is -0.120. The Labute approximate surface area is 119 Å². The molecule has 19 heavy (non-hydrogen) atoms. The van der Waals surface area contributed by atoms with Crippen molar-refractivity contribution in [1.29, 1.82) is 0 Å². The highest BCUT2D eigenvalue weighted by atomic mass is 35.5. The monoisotopic (exact) mass is 281 g/mol. The number of aliphatic hydroxyl groups excluding tert-OH is 1. The van der Waals surface area contributed by atoms with Gasteiger partial charge >= 0.3 is 0 Å². The normalized spacial score (nSPS) is 21.5. The smallest absolute Gasteiger partial charge is 0.141 e. The largest absolute Gasteiger partial charge is 0.392 e. The summed E-state index contributed by atoms with van der Waals surface area (Å²) in [5.41, 5.74) is 1.01. The van der Waals surface area contributed by atoms with Crippen molar-refractivity contribution >= 4 is 17.4 Å². The van der Waals surface area contributed by atoms with Crippen molar-refractivity contribution in [3.05, 3.63) is 34.9 Å². The van der Waals surface area contributed by atoms with E-state index >= 15 is 0 Å². The molecule has 3 nitrogen and oxygen atoms in total. The van der Waals surface area contributed by atoms with Gasteiger partial charge < -0.3 is 5.11 Å². The Kier molecular flexibility index (Phi) is 4.97. The molecule has 0 amide bonds. The summed E-state index contributed by atoms with van der Waals surface area (Å²) < 4.78 is 0. The third-order valence-electron chi connectivity index (χ3n) is 3.70. The van der Waals surface area contributed by atoms with Crippen molar-refractivity contribution in [3.8, 4) is 0 Å². The molecule has 1 fully saturated rings. The first kappa shape index (κ1) is 14.5. The van der Waals surface area contributed by atoms with Gasteiger partial charge in [-0.2, -0.15) is 0 Å². The van der Waals surface area contributed by atoms with Crippen molar-refractivity contribution in [1.82, 2.24) is 4.90 Å². The van der Waals surface area contributed by atoms with Crippen LogP contribution in [0.2, 0.25) is 5.02 Å². The summed E-state index contributed by atoms with van der Waals surface area (Å²) >= 11 is 5.89. The van der Waals surface area contributed by atoms with E-state index in [1.165, 1.54) is 0 Å². The Balaban J connectivity index is 2.11. The van der Waals surface area contributed by atoms with E-state index < -0.39 is 0 Å². The van der Waals surface area contributed by atoms with Crippen LogP contribution >= 0.6 is 11.6 Å². The van der Waals surface area contributed by atoms with Gasteiger partial charge in [0.1, 0.15) is 5.78 Å². The molecule has 1 aromatic rings. The second kappa shape index (κ2) is 6.51. The van der Waals surface area contributed by atoms with Gasteiger partial charge in [0.25, 0.3) is 0 Å². The maximum Gasteiger partial charge on any atom is 0.141 e. The summed E-state index contributed by atoms with van der Waals surface area (Å²) in [6, 6.07) is 7.50. The van der Waals surface area contributed by atoms with Crippen LogP contribution in [0.1, 0.15) is 31.2 Å². The Morgan fingerprint density at radius 2 is 2.16 bits per heavy atom. The predicted octanol–water partition coefficient (Wildman–Crippen LogP) is 2.47. The molecule has 2 rings (SSSR count). The van der Waals surface area contributed by atoms with E-state index in [0.29, 0.717) is 24.5 Å². The number of ketones is 1. The van der Waals surface area contributed by atoms with Gasteiger partial charge in [-0.05, 0) is 24.1 Å². The van der Waals surface area contributed by atoms with Crippen LogP contribution < -0.4 is 0 Å². The lowest BCUT2D eigenvalue weighted by Crippen LogP contribution is -2.31. The third-order valence-corrected chi connectivity index (χ3v) is 3.95. The molecule has 1 heterocycles. The minimum absolute atomic E-state index is 0.118. The highest BCUT2D eigenvalue weighted by molar-refractivity contribution is 6.30. The van der Waals surface area contributed by atoms with Crippen molar-refractivity contribution in [3.63, 3.8) is 0 Å². The zero-order valence-corrected chi connectivity index (χ0v) is 11.9. The van der Waals surface area contributed by atoms with Crippen LogP contribution in [0, 0.1) is 0 Å². The maximum absolute atomic E-state index is 12.1. The number of halogens is 1. The Morgan fingerprint density at radius 1 is 1.47 bits per heavy atom. The number of benzene rings is 1. The number of rotatable bonds is 5. The Bertz CT molecular complexity index is 432. The third kappa shape index (κ3) is 3.78. The summed E-state index contributed by atoms with van der Waals surface area (Å²) in [6.07, 6.45) is 1.08. The van der Waals surface area contributed by atoms with Gasteiger partial charge in [0.15, 0.2) is 0 Å². The van der Waals surface area contributed by atoms with E-state index in [9.17, 15) is 9.90 Å². The van der Waals surface area contributed by atoms with E-state index in [1.807, 2.05) is 31.2 Å². The predicted molar refractivity (Wildman–Crippen MR) is 76.6 cm³/mol. The quantitative estimate of drug-likeness (QED) is 0.901. The van der Waals surface area contributed by atoms with Crippen LogP contribution in [0.4, 0.5) is 0 Å². The van der Waals surface area contributed by atoms with E-state index in [2.05, 4.69) is 4.90 Å². The van der Waals surface area contributed by atoms with Crippen molar-refractivity contribution < 1.29 is 9.90 Å². The number of hydrogen-bond acceptors (Lipinski definition) is 3. The molecule has 2 unspecified atom stereocenters. The zero-order chi connectivity index (χ0) is 13.8. The molecule has 1 aliphatic rings. The van der Waals surface area contributed by atoms with Gasteiger partial charge in [-0.15, -0.1) is 0 Å². The molecule has 1 N–H and O–H groups in total. The van der Waals surface area contributed by atoms with Gasteiger partial charge in [-0.3, -0.25) is 9.69 Å².